The van der Waals surface area contributed by atoms with Crippen LogP contribution in [0.3, 0.4) is 0 Å². The minimum atomic E-state index is 0.366. The molecular weight excluding hydrogens is 186 g/mol. The molecule has 0 saturated heterocycles. The smallest absolute Gasteiger partial charge is 0.122 e. The standard InChI is InChI=1S/C13H17NO/c14-12-3-1-2-11(12)9-4-5-13-10(8-9)6-7-15-13/h4-5,8,11-12H,1-3,6-7,14H2. The Morgan fingerprint density at radius 1 is 1.27 bits per heavy atom. The van der Waals surface area contributed by atoms with E-state index in [-0.39, 0.29) is 0 Å². The van der Waals surface area contributed by atoms with Crippen molar-refractivity contribution in [3.05, 3.63) is 29.3 Å². The molecule has 1 aliphatic heterocycles. The van der Waals surface area contributed by atoms with E-state index in [1.54, 1.807) is 0 Å². The summed E-state index contributed by atoms with van der Waals surface area (Å²) < 4.78 is 5.51. The van der Waals surface area contributed by atoms with E-state index in [4.69, 9.17) is 10.5 Å². The van der Waals surface area contributed by atoms with E-state index in [9.17, 15) is 0 Å². The van der Waals surface area contributed by atoms with Crippen LogP contribution in [0.1, 0.15) is 36.3 Å². The van der Waals surface area contributed by atoms with Gasteiger partial charge in [-0.05, 0) is 36.0 Å². The number of hydrogen-bond donors (Lipinski definition) is 1. The van der Waals surface area contributed by atoms with Crippen molar-refractivity contribution in [1.82, 2.24) is 0 Å². The van der Waals surface area contributed by atoms with Gasteiger partial charge in [0.2, 0.25) is 0 Å². The summed E-state index contributed by atoms with van der Waals surface area (Å²) in [6.45, 7) is 0.843. The van der Waals surface area contributed by atoms with Crippen LogP contribution in [0.15, 0.2) is 18.2 Å². The Hall–Kier alpha value is -1.02. The zero-order valence-electron chi connectivity index (χ0n) is 8.91. The molecule has 0 aromatic heterocycles. The first kappa shape index (κ1) is 9.22. The first-order valence-electron chi connectivity index (χ1n) is 5.86. The Kier molecular flexibility index (Phi) is 2.17. The Bertz CT molecular complexity index is 375. The van der Waals surface area contributed by atoms with Crippen LogP contribution in [-0.2, 0) is 6.42 Å². The van der Waals surface area contributed by atoms with Gasteiger partial charge in [0.15, 0.2) is 0 Å². The highest BCUT2D eigenvalue weighted by molar-refractivity contribution is 5.41. The Labute approximate surface area is 90.4 Å². The molecule has 2 N–H and O–H groups in total. The molecule has 1 aromatic carbocycles. The second-order valence-electron chi connectivity index (χ2n) is 4.67. The minimum absolute atomic E-state index is 0.366. The third kappa shape index (κ3) is 1.53. The zero-order valence-corrected chi connectivity index (χ0v) is 8.91. The lowest BCUT2D eigenvalue weighted by Gasteiger charge is -2.16. The molecule has 0 bridgehead atoms. The first-order chi connectivity index (χ1) is 7.34. The summed E-state index contributed by atoms with van der Waals surface area (Å²) >= 11 is 0. The van der Waals surface area contributed by atoms with Gasteiger partial charge in [-0.15, -0.1) is 0 Å². The summed E-state index contributed by atoms with van der Waals surface area (Å²) in [4.78, 5) is 0. The average Bonchev–Trinajstić information content (AvgIpc) is 2.84. The van der Waals surface area contributed by atoms with Gasteiger partial charge in [-0.1, -0.05) is 18.6 Å². The molecule has 2 unspecified atom stereocenters. The molecule has 2 aliphatic rings. The van der Waals surface area contributed by atoms with E-state index in [2.05, 4.69) is 18.2 Å². The fraction of sp³-hybridized carbons (Fsp3) is 0.538. The molecule has 1 aliphatic carbocycles. The second kappa shape index (κ2) is 3.53. The molecule has 1 heterocycles. The highest BCUT2D eigenvalue weighted by Crippen LogP contribution is 2.36. The van der Waals surface area contributed by atoms with Gasteiger partial charge in [-0.3, -0.25) is 0 Å². The van der Waals surface area contributed by atoms with Gasteiger partial charge in [0, 0.05) is 12.5 Å². The minimum Gasteiger partial charge on any atom is -0.493 e. The van der Waals surface area contributed by atoms with Gasteiger partial charge >= 0.3 is 0 Å². The lowest BCUT2D eigenvalue weighted by atomic mass is 9.93. The Morgan fingerprint density at radius 3 is 3.00 bits per heavy atom. The monoisotopic (exact) mass is 203 g/mol. The molecule has 80 valence electrons. The maximum Gasteiger partial charge on any atom is 0.122 e. The van der Waals surface area contributed by atoms with Crippen molar-refractivity contribution in [2.24, 2.45) is 5.73 Å². The predicted molar refractivity (Wildman–Crippen MR) is 60.2 cm³/mol. The molecule has 1 aromatic rings. The quantitative estimate of drug-likeness (QED) is 0.759. The highest BCUT2D eigenvalue weighted by atomic mass is 16.5. The summed E-state index contributed by atoms with van der Waals surface area (Å²) in [7, 11) is 0. The number of fused-ring (bicyclic) bond motifs is 1. The molecule has 3 rings (SSSR count). The van der Waals surface area contributed by atoms with Crippen molar-refractivity contribution < 1.29 is 4.74 Å². The number of nitrogens with two attached hydrogens (primary N) is 1. The third-order valence-corrected chi connectivity index (χ3v) is 3.71. The molecule has 2 nitrogen and oxygen atoms in total. The molecule has 2 atom stereocenters. The summed E-state index contributed by atoms with van der Waals surface area (Å²) in [6.07, 6.45) is 4.77. The summed E-state index contributed by atoms with van der Waals surface area (Å²) in [5.74, 6) is 1.65. The fourth-order valence-corrected chi connectivity index (χ4v) is 2.84. The summed E-state index contributed by atoms with van der Waals surface area (Å²) in [6, 6.07) is 6.98. The predicted octanol–water partition coefficient (Wildman–Crippen LogP) is 2.22. The van der Waals surface area contributed by atoms with E-state index < -0.39 is 0 Å². The van der Waals surface area contributed by atoms with Crippen LogP contribution >= 0.6 is 0 Å². The zero-order chi connectivity index (χ0) is 10.3. The fourth-order valence-electron chi connectivity index (χ4n) is 2.84. The molecule has 15 heavy (non-hydrogen) atoms. The van der Waals surface area contributed by atoms with Crippen LogP contribution in [0.25, 0.3) is 0 Å². The number of rotatable bonds is 1. The van der Waals surface area contributed by atoms with Gasteiger partial charge in [-0.2, -0.15) is 0 Å². The van der Waals surface area contributed by atoms with Crippen LogP contribution in [0.4, 0.5) is 0 Å². The van der Waals surface area contributed by atoms with Crippen LogP contribution in [0.2, 0.25) is 0 Å². The maximum absolute atomic E-state index is 6.12. The third-order valence-electron chi connectivity index (χ3n) is 3.71. The molecule has 1 saturated carbocycles. The van der Waals surface area contributed by atoms with E-state index in [0.717, 1.165) is 18.8 Å². The molecule has 1 fully saturated rings. The van der Waals surface area contributed by atoms with Gasteiger partial charge in [0.25, 0.3) is 0 Å². The molecular formula is C13H17NO. The number of hydrogen-bond acceptors (Lipinski definition) is 2. The van der Waals surface area contributed by atoms with Gasteiger partial charge < -0.3 is 10.5 Å². The molecule has 2 heteroatoms. The van der Waals surface area contributed by atoms with Crippen LogP contribution < -0.4 is 10.5 Å². The topological polar surface area (TPSA) is 35.2 Å². The van der Waals surface area contributed by atoms with Gasteiger partial charge in [0.05, 0.1) is 6.61 Å². The lowest BCUT2D eigenvalue weighted by Crippen LogP contribution is -2.22. The van der Waals surface area contributed by atoms with Crippen LogP contribution in [-0.4, -0.2) is 12.6 Å². The van der Waals surface area contributed by atoms with E-state index >= 15 is 0 Å². The van der Waals surface area contributed by atoms with Crippen molar-refractivity contribution in [3.63, 3.8) is 0 Å². The number of benzene rings is 1. The van der Waals surface area contributed by atoms with E-state index in [1.807, 2.05) is 0 Å². The van der Waals surface area contributed by atoms with Crippen LogP contribution in [0.5, 0.6) is 5.75 Å². The van der Waals surface area contributed by atoms with E-state index in [0.29, 0.717) is 12.0 Å². The molecule has 0 radical (unpaired) electrons. The van der Waals surface area contributed by atoms with Crippen molar-refractivity contribution in [1.29, 1.82) is 0 Å². The average molecular weight is 203 g/mol. The van der Waals surface area contributed by atoms with Gasteiger partial charge in [0.1, 0.15) is 5.75 Å². The number of ether oxygens (including phenoxy) is 1. The first-order valence-corrected chi connectivity index (χ1v) is 5.86. The molecule has 0 amide bonds. The van der Waals surface area contributed by atoms with Crippen molar-refractivity contribution in [3.8, 4) is 5.75 Å². The maximum atomic E-state index is 6.12. The largest absolute Gasteiger partial charge is 0.493 e. The Morgan fingerprint density at radius 2 is 2.20 bits per heavy atom. The van der Waals surface area contributed by atoms with Gasteiger partial charge in [-0.25, -0.2) is 0 Å². The Balaban J connectivity index is 1.92. The normalized spacial score (nSPS) is 28.9. The summed E-state index contributed by atoms with van der Waals surface area (Å²) in [5, 5.41) is 0. The second-order valence-corrected chi connectivity index (χ2v) is 4.67. The molecule has 0 spiro atoms. The lowest BCUT2D eigenvalue weighted by molar-refractivity contribution is 0.356. The SMILES string of the molecule is NC1CCCC1c1ccc2c(c1)CCO2. The van der Waals surface area contributed by atoms with E-state index in [1.165, 1.54) is 30.4 Å². The highest BCUT2D eigenvalue weighted by Gasteiger charge is 2.26. The summed E-state index contributed by atoms with van der Waals surface area (Å²) in [5.41, 5.74) is 8.91. The van der Waals surface area contributed by atoms with Crippen molar-refractivity contribution in [2.75, 3.05) is 6.61 Å². The van der Waals surface area contributed by atoms with Crippen molar-refractivity contribution in [2.45, 2.75) is 37.6 Å². The van der Waals surface area contributed by atoms with Crippen LogP contribution in [0, 0.1) is 0 Å². The van der Waals surface area contributed by atoms with Crippen molar-refractivity contribution >= 4 is 0 Å².